The number of sulfonamides is 1. The molecule has 0 saturated carbocycles. The molecule has 1 N–H and O–H groups in total. The van der Waals surface area contributed by atoms with Crippen LogP contribution in [0.5, 0.6) is 5.75 Å². The van der Waals surface area contributed by atoms with E-state index in [1.807, 2.05) is 37.3 Å². The number of hydrogen-bond donors (Lipinski definition) is 1. The first-order valence-electron chi connectivity index (χ1n) is 9.62. The van der Waals surface area contributed by atoms with Gasteiger partial charge in [0.25, 0.3) is 15.9 Å². The van der Waals surface area contributed by atoms with Crippen molar-refractivity contribution < 1.29 is 17.9 Å². The van der Waals surface area contributed by atoms with E-state index in [0.29, 0.717) is 27.9 Å². The summed E-state index contributed by atoms with van der Waals surface area (Å²) in [5, 5.41) is 4.56. The zero-order chi connectivity index (χ0) is 21.1. The lowest BCUT2D eigenvalue weighted by Gasteiger charge is -2.30. The number of ether oxygens (including phenoxy) is 1. The number of nitrogens with zero attached hydrogens (tertiary/aromatic N) is 1. The molecule has 156 valence electrons. The van der Waals surface area contributed by atoms with Gasteiger partial charge in [0, 0.05) is 12.2 Å². The standard InChI is InChI=1S/C22H22N2O4S2/c1-16-6-2-3-8-20(16)28-15-21(25)23-18-11-10-17-7-4-12-24(19(17)14-18)30(26,27)22-9-5-13-29-22/h2-3,5-6,8-11,13-14H,4,7,12,15H2,1H3,(H,23,25). The van der Waals surface area contributed by atoms with E-state index in [9.17, 15) is 13.2 Å². The molecule has 0 fully saturated rings. The summed E-state index contributed by atoms with van der Waals surface area (Å²) in [5.74, 6) is 0.355. The SMILES string of the molecule is Cc1ccccc1OCC(=O)Nc1ccc2c(c1)N(S(=O)(=O)c1cccs1)CCC2. The van der Waals surface area contributed by atoms with Gasteiger partial charge < -0.3 is 10.1 Å². The molecule has 30 heavy (non-hydrogen) atoms. The first-order chi connectivity index (χ1) is 14.4. The van der Waals surface area contributed by atoms with Crippen molar-refractivity contribution in [3.05, 3.63) is 71.1 Å². The van der Waals surface area contributed by atoms with Gasteiger partial charge in [0.1, 0.15) is 9.96 Å². The summed E-state index contributed by atoms with van der Waals surface area (Å²) >= 11 is 1.20. The van der Waals surface area contributed by atoms with Crippen molar-refractivity contribution in [2.24, 2.45) is 0 Å². The van der Waals surface area contributed by atoms with Crippen LogP contribution < -0.4 is 14.4 Å². The van der Waals surface area contributed by atoms with Crippen molar-refractivity contribution in [1.29, 1.82) is 0 Å². The Morgan fingerprint density at radius 3 is 2.77 bits per heavy atom. The molecule has 0 saturated heterocycles. The molecular formula is C22H22N2O4S2. The summed E-state index contributed by atoms with van der Waals surface area (Å²) in [6.45, 7) is 2.21. The summed E-state index contributed by atoms with van der Waals surface area (Å²) in [6.07, 6.45) is 1.56. The second-order valence-corrected chi connectivity index (χ2v) is 10.1. The molecule has 1 aliphatic rings. The van der Waals surface area contributed by atoms with Crippen LogP contribution in [0.2, 0.25) is 0 Å². The molecule has 0 unspecified atom stereocenters. The van der Waals surface area contributed by atoms with Gasteiger partial charge >= 0.3 is 0 Å². The van der Waals surface area contributed by atoms with Gasteiger partial charge in [-0.1, -0.05) is 30.3 Å². The zero-order valence-corrected chi connectivity index (χ0v) is 18.1. The van der Waals surface area contributed by atoms with Crippen LogP contribution in [0.4, 0.5) is 11.4 Å². The van der Waals surface area contributed by atoms with E-state index in [2.05, 4.69) is 5.32 Å². The Labute approximate surface area is 180 Å². The van der Waals surface area contributed by atoms with Gasteiger partial charge in [-0.2, -0.15) is 0 Å². The minimum atomic E-state index is -3.61. The van der Waals surface area contributed by atoms with Crippen LogP contribution >= 0.6 is 11.3 Å². The van der Waals surface area contributed by atoms with Crippen molar-refractivity contribution in [3.8, 4) is 5.75 Å². The number of benzene rings is 2. The molecule has 3 aromatic rings. The lowest BCUT2D eigenvalue weighted by Crippen LogP contribution is -2.35. The van der Waals surface area contributed by atoms with Crippen LogP contribution in [-0.4, -0.2) is 27.5 Å². The highest BCUT2D eigenvalue weighted by molar-refractivity contribution is 7.94. The second kappa shape index (κ2) is 8.49. The molecule has 6 nitrogen and oxygen atoms in total. The highest BCUT2D eigenvalue weighted by Crippen LogP contribution is 2.35. The third kappa shape index (κ3) is 4.20. The average molecular weight is 443 g/mol. The number of anilines is 2. The van der Waals surface area contributed by atoms with Crippen molar-refractivity contribution in [2.45, 2.75) is 24.0 Å². The van der Waals surface area contributed by atoms with Crippen LogP contribution in [-0.2, 0) is 21.2 Å². The monoisotopic (exact) mass is 442 g/mol. The smallest absolute Gasteiger partial charge is 0.273 e. The van der Waals surface area contributed by atoms with Crippen molar-refractivity contribution in [1.82, 2.24) is 0 Å². The largest absolute Gasteiger partial charge is 0.483 e. The fourth-order valence-corrected chi connectivity index (χ4v) is 6.08. The van der Waals surface area contributed by atoms with E-state index < -0.39 is 10.0 Å². The third-order valence-corrected chi connectivity index (χ3v) is 8.12. The number of nitrogens with one attached hydrogen (secondary N) is 1. The maximum absolute atomic E-state index is 13.1. The molecule has 0 spiro atoms. The molecular weight excluding hydrogens is 420 g/mol. The Kier molecular flexibility index (Phi) is 5.78. The number of rotatable bonds is 6. The van der Waals surface area contributed by atoms with Gasteiger partial charge in [-0.15, -0.1) is 11.3 Å². The predicted molar refractivity (Wildman–Crippen MR) is 119 cm³/mol. The van der Waals surface area contributed by atoms with Gasteiger partial charge in [-0.05, 0) is 60.5 Å². The molecule has 1 aliphatic heterocycles. The number of thiophene rings is 1. The zero-order valence-electron chi connectivity index (χ0n) is 16.5. The Bertz CT molecular complexity index is 1160. The molecule has 8 heteroatoms. The summed E-state index contributed by atoms with van der Waals surface area (Å²) in [6, 6.07) is 16.2. The van der Waals surface area contributed by atoms with Crippen LogP contribution in [0.1, 0.15) is 17.5 Å². The fourth-order valence-electron chi connectivity index (χ4n) is 3.45. The first kappa shape index (κ1) is 20.4. The molecule has 2 aromatic carbocycles. The van der Waals surface area contributed by atoms with Crippen molar-refractivity contribution in [2.75, 3.05) is 22.8 Å². The normalized spacial score (nSPS) is 13.6. The average Bonchev–Trinajstić information content (AvgIpc) is 3.28. The summed E-state index contributed by atoms with van der Waals surface area (Å²) in [4.78, 5) is 12.4. The molecule has 2 heterocycles. The van der Waals surface area contributed by atoms with Gasteiger partial charge in [0.05, 0.1) is 5.69 Å². The summed E-state index contributed by atoms with van der Waals surface area (Å²) < 4.78 is 33.5. The Hall–Kier alpha value is -2.84. The van der Waals surface area contributed by atoms with Crippen LogP contribution in [0.15, 0.2) is 64.2 Å². The van der Waals surface area contributed by atoms with E-state index in [-0.39, 0.29) is 12.5 Å². The molecule has 1 aromatic heterocycles. The topological polar surface area (TPSA) is 75.7 Å². The predicted octanol–water partition coefficient (Wildman–Crippen LogP) is 4.22. The number of aryl methyl sites for hydroxylation is 2. The first-order valence-corrected chi connectivity index (χ1v) is 11.9. The number of hydrogen-bond acceptors (Lipinski definition) is 5. The van der Waals surface area contributed by atoms with E-state index in [0.717, 1.165) is 24.0 Å². The van der Waals surface area contributed by atoms with E-state index >= 15 is 0 Å². The second-order valence-electron chi connectivity index (χ2n) is 7.06. The fraction of sp³-hybridized carbons (Fsp3) is 0.227. The minimum absolute atomic E-state index is 0.126. The van der Waals surface area contributed by atoms with Crippen LogP contribution in [0, 0.1) is 6.92 Å². The highest BCUT2D eigenvalue weighted by atomic mass is 32.2. The van der Waals surface area contributed by atoms with E-state index in [1.165, 1.54) is 15.6 Å². The van der Waals surface area contributed by atoms with Gasteiger partial charge in [0.15, 0.2) is 6.61 Å². The Morgan fingerprint density at radius 1 is 1.17 bits per heavy atom. The highest BCUT2D eigenvalue weighted by Gasteiger charge is 2.30. The summed E-state index contributed by atoms with van der Waals surface area (Å²) in [7, 11) is -3.61. The van der Waals surface area contributed by atoms with Crippen LogP contribution in [0.3, 0.4) is 0 Å². The number of amides is 1. The lowest BCUT2D eigenvalue weighted by atomic mass is 10.0. The minimum Gasteiger partial charge on any atom is -0.483 e. The van der Waals surface area contributed by atoms with Gasteiger partial charge in [0.2, 0.25) is 0 Å². The number of carbonyl (C=O) groups excluding carboxylic acids is 1. The molecule has 0 radical (unpaired) electrons. The molecule has 4 rings (SSSR count). The lowest BCUT2D eigenvalue weighted by molar-refractivity contribution is -0.118. The van der Waals surface area contributed by atoms with E-state index in [1.54, 1.807) is 29.6 Å². The van der Waals surface area contributed by atoms with Crippen molar-refractivity contribution >= 4 is 38.6 Å². The Morgan fingerprint density at radius 2 is 2.00 bits per heavy atom. The number of para-hydroxylation sites is 1. The molecule has 0 bridgehead atoms. The Balaban J connectivity index is 1.51. The van der Waals surface area contributed by atoms with Crippen LogP contribution in [0.25, 0.3) is 0 Å². The molecule has 0 aliphatic carbocycles. The van der Waals surface area contributed by atoms with Gasteiger partial charge in [-0.3, -0.25) is 9.10 Å². The summed E-state index contributed by atoms with van der Waals surface area (Å²) in [5.41, 5.74) is 3.07. The number of carbonyl (C=O) groups is 1. The quantitative estimate of drug-likeness (QED) is 0.620. The van der Waals surface area contributed by atoms with Crippen molar-refractivity contribution in [3.63, 3.8) is 0 Å². The van der Waals surface area contributed by atoms with Gasteiger partial charge in [-0.25, -0.2) is 8.42 Å². The molecule has 0 atom stereocenters. The molecule has 1 amide bonds. The van der Waals surface area contributed by atoms with E-state index in [4.69, 9.17) is 4.74 Å². The maximum Gasteiger partial charge on any atom is 0.273 e. The maximum atomic E-state index is 13.1. The third-order valence-electron chi connectivity index (χ3n) is 4.94. The number of fused-ring (bicyclic) bond motifs is 1.